The van der Waals surface area contributed by atoms with Crippen molar-refractivity contribution in [1.82, 2.24) is 9.97 Å². The molecule has 0 aliphatic heterocycles. The molecule has 0 saturated carbocycles. The maximum Gasteiger partial charge on any atom is 0.0410 e. The van der Waals surface area contributed by atoms with Gasteiger partial charge in [0, 0.05) is 22.8 Å². The zero-order valence-electron chi connectivity index (χ0n) is 9.77. The number of rotatable bonds is 3. The second kappa shape index (κ2) is 4.88. The fourth-order valence-electron chi connectivity index (χ4n) is 1.73. The Hall–Kier alpha value is -1.70. The maximum atomic E-state index is 4.48. The number of pyridine rings is 2. The monoisotopic (exact) mass is 212 g/mol. The maximum absolute atomic E-state index is 4.48. The van der Waals surface area contributed by atoms with Crippen LogP contribution in [0.5, 0.6) is 0 Å². The van der Waals surface area contributed by atoms with E-state index in [1.54, 1.807) is 0 Å². The van der Waals surface area contributed by atoms with Gasteiger partial charge in [-0.3, -0.25) is 9.97 Å². The standard InChI is InChI=1S/C14H16N2/c1-11-5-3-7-13(15-11)9-10-14-8-4-6-12(2)16-14/h3-8H,9-10H2,1-2H3. The highest BCUT2D eigenvalue weighted by atomic mass is 14.7. The van der Waals surface area contributed by atoms with E-state index in [9.17, 15) is 0 Å². The highest BCUT2D eigenvalue weighted by Crippen LogP contribution is 2.05. The van der Waals surface area contributed by atoms with E-state index in [0.29, 0.717) is 0 Å². The molecule has 0 saturated heterocycles. The highest BCUT2D eigenvalue weighted by Gasteiger charge is 1.98. The van der Waals surface area contributed by atoms with Crippen molar-refractivity contribution >= 4 is 0 Å². The fourth-order valence-corrected chi connectivity index (χ4v) is 1.73. The molecule has 0 aliphatic rings. The Morgan fingerprint density at radius 3 is 1.56 bits per heavy atom. The predicted octanol–water partition coefficient (Wildman–Crippen LogP) is 2.88. The van der Waals surface area contributed by atoms with Crippen LogP contribution < -0.4 is 0 Å². The molecule has 2 aromatic heterocycles. The van der Waals surface area contributed by atoms with Crippen LogP contribution in [0.15, 0.2) is 36.4 Å². The topological polar surface area (TPSA) is 25.8 Å². The first kappa shape index (κ1) is 10.8. The summed E-state index contributed by atoms with van der Waals surface area (Å²) in [7, 11) is 0. The summed E-state index contributed by atoms with van der Waals surface area (Å²) in [5, 5.41) is 0. The predicted molar refractivity (Wildman–Crippen MR) is 65.4 cm³/mol. The van der Waals surface area contributed by atoms with Crippen LogP contribution in [0, 0.1) is 13.8 Å². The van der Waals surface area contributed by atoms with Crippen molar-refractivity contribution in [2.45, 2.75) is 26.7 Å². The fraction of sp³-hybridized carbons (Fsp3) is 0.286. The Balaban J connectivity index is 2.02. The van der Waals surface area contributed by atoms with Gasteiger partial charge in [-0.25, -0.2) is 0 Å². The molecule has 0 radical (unpaired) electrons. The first-order chi connectivity index (χ1) is 7.74. The van der Waals surface area contributed by atoms with Crippen LogP contribution in [0.3, 0.4) is 0 Å². The average molecular weight is 212 g/mol. The van der Waals surface area contributed by atoms with Crippen molar-refractivity contribution in [3.05, 3.63) is 59.2 Å². The summed E-state index contributed by atoms with van der Waals surface area (Å²) in [5.74, 6) is 0. The third-order valence-electron chi connectivity index (χ3n) is 2.53. The number of hydrogen-bond donors (Lipinski definition) is 0. The molecule has 0 atom stereocenters. The highest BCUT2D eigenvalue weighted by molar-refractivity contribution is 5.14. The van der Waals surface area contributed by atoms with Crippen LogP contribution in [-0.2, 0) is 12.8 Å². The normalized spacial score (nSPS) is 10.4. The third-order valence-corrected chi connectivity index (χ3v) is 2.53. The second-order valence-electron chi connectivity index (χ2n) is 4.04. The number of aryl methyl sites for hydroxylation is 4. The van der Waals surface area contributed by atoms with Gasteiger partial charge in [0.25, 0.3) is 0 Å². The molecule has 2 rings (SSSR count). The van der Waals surface area contributed by atoms with Crippen LogP contribution in [0.2, 0.25) is 0 Å². The summed E-state index contributed by atoms with van der Waals surface area (Å²) in [6, 6.07) is 12.3. The molecule has 82 valence electrons. The average Bonchev–Trinajstić information content (AvgIpc) is 2.27. The van der Waals surface area contributed by atoms with E-state index in [1.807, 2.05) is 26.0 Å². The minimum Gasteiger partial charge on any atom is -0.258 e. The Kier molecular flexibility index (Phi) is 3.30. The van der Waals surface area contributed by atoms with Gasteiger partial charge in [0.15, 0.2) is 0 Å². The van der Waals surface area contributed by atoms with Gasteiger partial charge in [-0.1, -0.05) is 12.1 Å². The molecule has 2 aromatic rings. The summed E-state index contributed by atoms with van der Waals surface area (Å²) in [6.07, 6.45) is 1.91. The Bertz CT molecular complexity index is 432. The van der Waals surface area contributed by atoms with Crippen molar-refractivity contribution in [3.63, 3.8) is 0 Å². The largest absolute Gasteiger partial charge is 0.258 e. The van der Waals surface area contributed by atoms with E-state index in [4.69, 9.17) is 0 Å². The molecule has 0 spiro atoms. The summed E-state index contributed by atoms with van der Waals surface area (Å²) in [4.78, 5) is 8.97. The van der Waals surface area contributed by atoms with Gasteiger partial charge < -0.3 is 0 Å². The van der Waals surface area contributed by atoms with Gasteiger partial charge in [0.05, 0.1) is 0 Å². The molecule has 16 heavy (non-hydrogen) atoms. The lowest BCUT2D eigenvalue weighted by atomic mass is 10.1. The SMILES string of the molecule is Cc1cccc(CCc2cccc(C)n2)n1. The van der Waals surface area contributed by atoms with Crippen LogP contribution in [-0.4, -0.2) is 9.97 Å². The van der Waals surface area contributed by atoms with E-state index in [0.717, 1.165) is 35.6 Å². The van der Waals surface area contributed by atoms with E-state index < -0.39 is 0 Å². The first-order valence-electron chi connectivity index (χ1n) is 5.59. The minimum absolute atomic E-state index is 0.956. The lowest BCUT2D eigenvalue weighted by molar-refractivity contribution is 0.866. The minimum atomic E-state index is 0.956. The molecule has 0 amide bonds. The summed E-state index contributed by atoms with van der Waals surface area (Å²) < 4.78 is 0. The molecule has 0 aromatic carbocycles. The van der Waals surface area contributed by atoms with Gasteiger partial charge in [-0.05, 0) is 51.0 Å². The van der Waals surface area contributed by atoms with Crippen LogP contribution in [0.25, 0.3) is 0 Å². The molecule has 2 heteroatoms. The molecule has 0 N–H and O–H groups in total. The molecule has 0 fully saturated rings. The molecule has 2 nitrogen and oxygen atoms in total. The van der Waals surface area contributed by atoms with Crippen molar-refractivity contribution in [3.8, 4) is 0 Å². The Labute approximate surface area is 96.4 Å². The van der Waals surface area contributed by atoms with Gasteiger partial charge in [-0.2, -0.15) is 0 Å². The molecule has 0 unspecified atom stereocenters. The summed E-state index contributed by atoms with van der Waals surface area (Å²) in [6.45, 7) is 4.04. The van der Waals surface area contributed by atoms with Crippen LogP contribution >= 0.6 is 0 Å². The van der Waals surface area contributed by atoms with E-state index in [1.165, 1.54) is 0 Å². The van der Waals surface area contributed by atoms with Gasteiger partial charge in [-0.15, -0.1) is 0 Å². The van der Waals surface area contributed by atoms with Gasteiger partial charge in [0.1, 0.15) is 0 Å². The zero-order valence-corrected chi connectivity index (χ0v) is 9.77. The number of hydrogen-bond acceptors (Lipinski definition) is 2. The Morgan fingerprint density at radius 2 is 1.19 bits per heavy atom. The van der Waals surface area contributed by atoms with Crippen molar-refractivity contribution < 1.29 is 0 Å². The van der Waals surface area contributed by atoms with Crippen molar-refractivity contribution in [2.75, 3.05) is 0 Å². The molecule has 2 heterocycles. The zero-order chi connectivity index (χ0) is 11.4. The molecular formula is C14H16N2. The number of aromatic nitrogens is 2. The van der Waals surface area contributed by atoms with Gasteiger partial charge >= 0.3 is 0 Å². The molecule has 0 aliphatic carbocycles. The lowest BCUT2D eigenvalue weighted by Crippen LogP contribution is -1.98. The van der Waals surface area contributed by atoms with E-state index >= 15 is 0 Å². The summed E-state index contributed by atoms with van der Waals surface area (Å²) in [5.41, 5.74) is 4.44. The molecular weight excluding hydrogens is 196 g/mol. The number of nitrogens with zero attached hydrogens (tertiary/aromatic N) is 2. The van der Waals surface area contributed by atoms with Crippen molar-refractivity contribution in [2.24, 2.45) is 0 Å². The van der Waals surface area contributed by atoms with Crippen LogP contribution in [0.1, 0.15) is 22.8 Å². The Morgan fingerprint density at radius 1 is 0.750 bits per heavy atom. The summed E-state index contributed by atoms with van der Waals surface area (Å²) >= 11 is 0. The second-order valence-corrected chi connectivity index (χ2v) is 4.04. The quantitative estimate of drug-likeness (QED) is 0.781. The lowest BCUT2D eigenvalue weighted by Gasteiger charge is -2.02. The third kappa shape index (κ3) is 2.89. The van der Waals surface area contributed by atoms with Gasteiger partial charge in [0.2, 0.25) is 0 Å². The van der Waals surface area contributed by atoms with Crippen LogP contribution in [0.4, 0.5) is 0 Å². The smallest absolute Gasteiger partial charge is 0.0410 e. The first-order valence-corrected chi connectivity index (χ1v) is 5.59. The molecule has 0 bridgehead atoms. The van der Waals surface area contributed by atoms with E-state index in [-0.39, 0.29) is 0 Å². The van der Waals surface area contributed by atoms with E-state index in [2.05, 4.69) is 34.2 Å². The van der Waals surface area contributed by atoms with Crippen molar-refractivity contribution in [1.29, 1.82) is 0 Å².